The van der Waals surface area contributed by atoms with Crippen LogP contribution in [0.15, 0.2) is 24.4 Å². The number of anilines is 1. The Hall–Kier alpha value is -1.03. The zero-order valence-corrected chi connectivity index (χ0v) is 13.0. The van der Waals surface area contributed by atoms with Gasteiger partial charge < -0.3 is 9.30 Å². The largest absolute Gasteiger partial charge is 0.355 e. The van der Waals surface area contributed by atoms with Gasteiger partial charge in [0.2, 0.25) is 0 Å². The smallest absolute Gasteiger partial charge is 0.152 e. The third-order valence-corrected chi connectivity index (χ3v) is 4.18. The van der Waals surface area contributed by atoms with Crippen molar-refractivity contribution in [3.05, 3.63) is 30.1 Å². The molecule has 3 nitrogen and oxygen atoms in total. The van der Waals surface area contributed by atoms with Crippen LogP contribution in [-0.4, -0.2) is 22.5 Å². The number of halogens is 1. The van der Waals surface area contributed by atoms with Gasteiger partial charge in [-0.1, -0.05) is 35.8 Å². The molecule has 0 aromatic carbocycles. The number of nitrogens with zero attached hydrogens (tertiary/aromatic N) is 3. The van der Waals surface area contributed by atoms with Gasteiger partial charge in [0.05, 0.1) is 5.69 Å². The third-order valence-electron chi connectivity index (χ3n) is 3.64. The summed E-state index contributed by atoms with van der Waals surface area (Å²) in [6, 6.07) is 6.57. The average molecular weight is 310 g/mol. The number of aromatic nitrogens is 2. The maximum atomic E-state index is 4.75. The van der Waals surface area contributed by atoms with E-state index in [-0.39, 0.29) is 0 Å². The Kier molecular flexibility index (Phi) is 3.95. The summed E-state index contributed by atoms with van der Waals surface area (Å²) in [4.78, 5) is 7.02. The van der Waals surface area contributed by atoms with Crippen molar-refractivity contribution >= 4 is 27.4 Å². The van der Waals surface area contributed by atoms with Crippen LogP contribution in [0.3, 0.4) is 0 Å². The summed E-state index contributed by atoms with van der Waals surface area (Å²) < 4.78 is 2.15. The molecule has 0 bridgehead atoms. The monoisotopic (exact) mass is 309 g/mol. The van der Waals surface area contributed by atoms with E-state index in [1.165, 1.54) is 5.69 Å². The summed E-state index contributed by atoms with van der Waals surface area (Å²) in [6.07, 6.45) is 2.07. The van der Waals surface area contributed by atoms with Crippen molar-refractivity contribution in [3.63, 3.8) is 0 Å². The molecule has 0 aliphatic carbocycles. The van der Waals surface area contributed by atoms with E-state index in [0.29, 0.717) is 12.0 Å². The Morgan fingerprint density at radius 3 is 2.67 bits per heavy atom. The van der Waals surface area contributed by atoms with Crippen LogP contribution in [0.25, 0.3) is 5.65 Å². The topological polar surface area (TPSA) is 20.5 Å². The molecule has 98 valence electrons. The summed E-state index contributed by atoms with van der Waals surface area (Å²) >= 11 is 3.58. The fraction of sp³-hybridized carbons (Fsp3) is 0.500. The first-order valence-electron chi connectivity index (χ1n) is 6.31. The maximum absolute atomic E-state index is 4.75. The molecule has 0 fully saturated rings. The minimum Gasteiger partial charge on any atom is -0.355 e. The number of rotatable bonds is 4. The van der Waals surface area contributed by atoms with Crippen LogP contribution in [0.1, 0.15) is 26.5 Å². The number of imidazole rings is 1. The Morgan fingerprint density at radius 2 is 2.06 bits per heavy atom. The van der Waals surface area contributed by atoms with Crippen LogP contribution >= 0.6 is 15.9 Å². The molecule has 0 aliphatic heterocycles. The molecule has 2 aromatic heterocycles. The van der Waals surface area contributed by atoms with Crippen LogP contribution in [0.2, 0.25) is 0 Å². The molecule has 0 saturated heterocycles. The lowest BCUT2D eigenvalue weighted by Crippen LogP contribution is -2.34. The fourth-order valence-electron chi connectivity index (χ4n) is 2.08. The van der Waals surface area contributed by atoms with Gasteiger partial charge in [-0.15, -0.1) is 0 Å². The van der Waals surface area contributed by atoms with E-state index < -0.39 is 0 Å². The second-order valence-electron chi connectivity index (χ2n) is 5.04. The Balaban J connectivity index is 2.50. The van der Waals surface area contributed by atoms with Crippen molar-refractivity contribution in [2.45, 2.75) is 32.1 Å². The van der Waals surface area contributed by atoms with Crippen molar-refractivity contribution in [2.75, 3.05) is 11.9 Å². The second kappa shape index (κ2) is 5.31. The van der Waals surface area contributed by atoms with E-state index in [1.54, 1.807) is 0 Å². The normalized spacial score (nSPS) is 13.2. The van der Waals surface area contributed by atoms with Crippen molar-refractivity contribution in [2.24, 2.45) is 5.92 Å². The number of alkyl halides is 1. The minimum absolute atomic E-state index is 0.465. The van der Waals surface area contributed by atoms with Gasteiger partial charge in [-0.2, -0.15) is 0 Å². The highest BCUT2D eigenvalue weighted by Crippen LogP contribution is 2.26. The van der Waals surface area contributed by atoms with Gasteiger partial charge in [0.1, 0.15) is 5.65 Å². The lowest BCUT2D eigenvalue weighted by molar-refractivity contribution is 0.502. The van der Waals surface area contributed by atoms with Gasteiger partial charge in [-0.05, 0) is 25.0 Å². The van der Waals surface area contributed by atoms with Crippen molar-refractivity contribution in [3.8, 4) is 0 Å². The van der Waals surface area contributed by atoms with Crippen LogP contribution in [-0.2, 0) is 5.33 Å². The Labute approximate surface area is 117 Å². The molecule has 0 amide bonds. The lowest BCUT2D eigenvalue weighted by Gasteiger charge is -2.28. The molecular weight excluding hydrogens is 290 g/mol. The zero-order valence-electron chi connectivity index (χ0n) is 11.4. The molecule has 0 aliphatic rings. The van der Waals surface area contributed by atoms with E-state index in [0.717, 1.165) is 16.8 Å². The van der Waals surface area contributed by atoms with E-state index in [1.807, 2.05) is 18.2 Å². The molecule has 18 heavy (non-hydrogen) atoms. The van der Waals surface area contributed by atoms with Gasteiger partial charge in [0.15, 0.2) is 5.82 Å². The molecule has 4 heteroatoms. The van der Waals surface area contributed by atoms with Gasteiger partial charge >= 0.3 is 0 Å². The van der Waals surface area contributed by atoms with Crippen molar-refractivity contribution in [1.82, 2.24) is 9.38 Å². The number of hydrogen-bond acceptors (Lipinski definition) is 2. The van der Waals surface area contributed by atoms with Crippen LogP contribution in [0.4, 0.5) is 5.82 Å². The van der Waals surface area contributed by atoms with E-state index in [4.69, 9.17) is 4.98 Å². The highest BCUT2D eigenvalue weighted by molar-refractivity contribution is 9.08. The molecule has 0 radical (unpaired) electrons. The zero-order chi connectivity index (χ0) is 13.3. The van der Waals surface area contributed by atoms with Crippen LogP contribution in [0.5, 0.6) is 0 Å². The second-order valence-corrected chi connectivity index (χ2v) is 5.60. The minimum atomic E-state index is 0.465. The molecule has 2 heterocycles. The highest BCUT2D eigenvalue weighted by Gasteiger charge is 2.20. The fourth-order valence-corrected chi connectivity index (χ4v) is 2.60. The van der Waals surface area contributed by atoms with Gasteiger partial charge in [0.25, 0.3) is 0 Å². The Morgan fingerprint density at radius 1 is 1.33 bits per heavy atom. The predicted octanol–water partition coefficient (Wildman–Crippen LogP) is 3.71. The summed E-state index contributed by atoms with van der Waals surface area (Å²) in [5.41, 5.74) is 2.21. The molecule has 1 unspecified atom stereocenters. The SMILES string of the molecule is CC(C)C(C)N(C)c1nc2ccccn2c1CBr. The van der Waals surface area contributed by atoms with E-state index in [9.17, 15) is 0 Å². The maximum Gasteiger partial charge on any atom is 0.152 e. The standard InChI is InChI=1S/C14H20BrN3/c1-10(2)11(3)17(4)14-12(9-15)18-8-6-5-7-13(18)16-14/h5-8,10-11H,9H2,1-4H3. The van der Waals surface area contributed by atoms with Gasteiger partial charge in [-0.3, -0.25) is 0 Å². The highest BCUT2D eigenvalue weighted by atomic mass is 79.9. The van der Waals surface area contributed by atoms with E-state index >= 15 is 0 Å². The summed E-state index contributed by atoms with van der Waals surface area (Å²) in [5.74, 6) is 1.67. The number of hydrogen-bond donors (Lipinski definition) is 0. The first-order chi connectivity index (χ1) is 8.56. The van der Waals surface area contributed by atoms with Crippen molar-refractivity contribution in [1.29, 1.82) is 0 Å². The number of pyridine rings is 1. The van der Waals surface area contributed by atoms with Crippen LogP contribution < -0.4 is 4.90 Å². The molecule has 0 N–H and O–H groups in total. The van der Waals surface area contributed by atoms with Crippen LogP contribution in [0, 0.1) is 5.92 Å². The number of fused-ring (bicyclic) bond motifs is 1. The molecule has 1 atom stereocenters. The summed E-state index contributed by atoms with van der Waals surface area (Å²) in [7, 11) is 2.12. The molecule has 2 aromatic rings. The first kappa shape index (κ1) is 13.4. The lowest BCUT2D eigenvalue weighted by atomic mass is 10.1. The van der Waals surface area contributed by atoms with Gasteiger partial charge in [-0.25, -0.2) is 4.98 Å². The summed E-state index contributed by atoms with van der Waals surface area (Å²) in [5, 5.41) is 0.808. The Bertz CT molecular complexity index is 533. The summed E-state index contributed by atoms with van der Waals surface area (Å²) in [6.45, 7) is 6.72. The third kappa shape index (κ3) is 2.26. The first-order valence-corrected chi connectivity index (χ1v) is 7.43. The van der Waals surface area contributed by atoms with E-state index in [2.05, 4.69) is 59.2 Å². The molecule has 0 spiro atoms. The van der Waals surface area contributed by atoms with Crippen molar-refractivity contribution < 1.29 is 0 Å². The molecule has 0 saturated carbocycles. The van der Waals surface area contributed by atoms with Gasteiger partial charge in [0, 0.05) is 24.6 Å². The predicted molar refractivity (Wildman–Crippen MR) is 80.5 cm³/mol. The average Bonchev–Trinajstić information content (AvgIpc) is 2.75. The quantitative estimate of drug-likeness (QED) is 0.803. The molecular formula is C14H20BrN3. The molecule has 2 rings (SSSR count).